The molecule has 0 atom stereocenters. The third-order valence-corrected chi connectivity index (χ3v) is 5.51. The Morgan fingerprint density at radius 1 is 1.09 bits per heavy atom. The zero-order valence-corrected chi connectivity index (χ0v) is 18.8. The summed E-state index contributed by atoms with van der Waals surface area (Å²) in [5, 5.41) is 16.0. The number of hydrogen-bond donors (Lipinski definition) is 0. The minimum absolute atomic E-state index is 0.225. The van der Waals surface area contributed by atoms with Crippen LogP contribution in [0.2, 0.25) is 0 Å². The molecule has 3 aromatic heterocycles. The van der Waals surface area contributed by atoms with Crippen molar-refractivity contribution in [3.63, 3.8) is 0 Å². The van der Waals surface area contributed by atoms with Crippen molar-refractivity contribution < 1.29 is 4.74 Å². The number of methoxy groups -OCH3 is 1. The fourth-order valence-electron chi connectivity index (χ4n) is 3.57. The van der Waals surface area contributed by atoms with Gasteiger partial charge in [-0.3, -0.25) is 9.36 Å². The van der Waals surface area contributed by atoms with Crippen molar-refractivity contribution in [3.8, 4) is 17.1 Å². The Bertz CT molecular complexity index is 1470. The Balaban J connectivity index is 1.79. The van der Waals surface area contributed by atoms with Crippen LogP contribution in [-0.2, 0) is 6.54 Å². The van der Waals surface area contributed by atoms with E-state index in [1.807, 2.05) is 48.5 Å². The molecule has 0 aliphatic rings. The maximum absolute atomic E-state index is 13.8. The minimum atomic E-state index is -0.225. The van der Waals surface area contributed by atoms with Crippen LogP contribution in [0, 0.1) is 6.92 Å². The molecular formula is C21H17BrN8O2. The van der Waals surface area contributed by atoms with Crippen LogP contribution >= 0.6 is 15.9 Å². The van der Waals surface area contributed by atoms with Crippen LogP contribution in [-0.4, -0.2) is 46.6 Å². The zero-order chi connectivity index (χ0) is 22.2. The van der Waals surface area contributed by atoms with Crippen LogP contribution in [0.1, 0.15) is 11.5 Å². The Hall–Kier alpha value is -3.86. The highest BCUT2D eigenvalue weighted by atomic mass is 79.9. The largest absolute Gasteiger partial charge is 0.497 e. The van der Waals surface area contributed by atoms with E-state index in [1.165, 1.54) is 11.0 Å². The molecule has 0 saturated carbocycles. The summed E-state index contributed by atoms with van der Waals surface area (Å²) in [6.45, 7) is 2.08. The molecule has 0 aliphatic carbocycles. The summed E-state index contributed by atoms with van der Waals surface area (Å²) in [5.74, 6) is 1.26. The fourth-order valence-corrected chi connectivity index (χ4v) is 3.96. The minimum Gasteiger partial charge on any atom is -0.497 e. The van der Waals surface area contributed by atoms with Crippen LogP contribution in [0.25, 0.3) is 22.4 Å². The molecule has 0 saturated heterocycles. The first kappa shape index (κ1) is 20.1. The predicted octanol–water partition coefficient (Wildman–Crippen LogP) is 2.69. The van der Waals surface area contributed by atoms with E-state index < -0.39 is 0 Å². The molecule has 0 fully saturated rings. The van der Waals surface area contributed by atoms with E-state index in [9.17, 15) is 4.79 Å². The SMILES string of the molecule is COc1ccc(-n2nc(Cn3cnnn3)c3nc(C)n(-c4cccc(Br)c4)c(=O)c32)cc1. The number of aryl methyl sites for hydroxylation is 1. The molecule has 3 heterocycles. The molecular weight excluding hydrogens is 476 g/mol. The molecule has 32 heavy (non-hydrogen) atoms. The molecule has 5 aromatic rings. The Morgan fingerprint density at radius 3 is 2.59 bits per heavy atom. The van der Waals surface area contributed by atoms with Gasteiger partial charge in [0.25, 0.3) is 5.56 Å². The number of halogens is 1. The fraction of sp³-hybridized carbons (Fsp3) is 0.143. The van der Waals surface area contributed by atoms with E-state index in [1.54, 1.807) is 23.3 Å². The molecule has 0 radical (unpaired) electrons. The van der Waals surface area contributed by atoms with Crippen LogP contribution in [0.5, 0.6) is 5.75 Å². The van der Waals surface area contributed by atoms with Crippen molar-refractivity contribution in [2.45, 2.75) is 13.5 Å². The molecule has 0 amide bonds. The normalized spacial score (nSPS) is 11.2. The molecule has 0 unspecified atom stereocenters. The maximum atomic E-state index is 13.8. The second-order valence-electron chi connectivity index (χ2n) is 7.04. The molecule has 11 heteroatoms. The van der Waals surface area contributed by atoms with Gasteiger partial charge in [0.05, 0.1) is 25.0 Å². The lowest BCUT2D eigenvalue weighted by molar-refractivity contribution is 0.414. The van der Waals surface area contributed by atoms with Crippen molar-refractivity contribution in [1.29, 1.82) is 0 Å². The number of fused-ring (bicyclic) bond motifs is 1. The maximum Gasteiger partial charge on any atom is 0.284 e. The van der Waals surface area contributed by atoms with Gasteiger partial charge in [-0.2, -0.15) is 5.10 Å². The standard InChI is InChI=1S/C21H17BrN8O2/c1-13-24-19-18(11-28-12-23-26-27-28)25-30(15-6-8-17(32-2)9-7-15)20(19)21(31)29(13)16-5-3-4-14(22)10-16/h3-10,12H,11H2,1-2H3. The van der Waals surface area contributed by atoms with Crippen LogP contribution < -0.4 is 10.3 Å². The van der Waals surface area contributed by atoms with Crippen molar-refractivity contribution >= 4 is 27.0 Å². The lowest BCUT2D eigenvalue weighted by atomic mass is 10.2. The van der Waals surface area contributed by atoms with Crippen molar-refractivity contribution in [1.82, 2.24) is 39.5 Å². The Kier molecular flexibility index (Phi) is 5.02. The summed E-state index contributed by atoms with van der Waals surface area (Å²) in [4.78, 5) is 18.5. The van der Waals surface area contributed by atoms with Crippen molar-refractivity contribution in [3.05, 3.63) is 81.2 Å². The topological polar surface area (TPSA) is 106 Å². The van der Waals surface area contributed by atoms with E-state index in [0.717, 1.165) is 4.47 Å². The monoisotopic (exact) mass is 492 g/mol. The second kappa shape index (κ2) is 8.00. The van der Waals surface area contributed by atoms with E-state index in [-0.39, 0.29) is 12.1 Å². The van der Waals surface area contributed by atoms with Gasteiger partial charge in [-0.05, 0) is 59.8 Å². The van der Waals surface area contributed by atoms with Gasteiger partial charge < -0.3 is 4.74 Å². The van der Waals surface area contributed by atoms with Crippen LogP contribution in [0.15, 0.2) is 64.1 Å². The van der Waals surface area contributed by atoms with Crippen LogP contribution in [0.3, 0.4) is 0 Å². The third kappa shape index (κ3) is 3.46. The van der Waals surface area contributed by atoms with E-state index in [0.29, 0.717) is 39.7 Å². The highest BCUT2D eigenvalue weighted by Crippen LogP contribution is 2.23. The molecule has 0 bridgehead atoms. The Labute approximate surface area is 190 Å². The lowest BCUT2D eigenvalue weighted by Gasteiger charge is -2.11. The molecule has 0 N–H and O–H groups in total. The highest BCUT2D eigenvalue weighted by Gasteiger charge is 2.21. The summed E-state index contributed by atoms with van der Waals surface area (Å²) < 4.78 is 10.8. The summed E-state index contributed by atoms with van der Waals surface area (Å²) in [6.07, 6.45) is 1.49. The summed E-state index contributed by atoms with van der Waals surface area (Å²) >= 11 is 3.47. The number of benzene rings is 2. The Morgan fingerprint density at radius 2 is 1.91 bits per heavy atom. The zero-order valence-electron chi connectivity index (χ0n) is 17.2. The predicted molar refractivity (Wildman–Crippen MR) is 120 cm³/mol. The van der Waals surface area contributed by atoms with Crippen molar-refractivity contribution in [2.24, 2.45) is 0 Å². The highest BCUT2D eigenvalue weighted by molar-refractivity contribution is 9.10. The number of tetrazole rings is 1. The van der Waals surface area contributed by atoms with Gasteiger partial charge in [-0.1, -0.05) is 22.0 Å². The van der Waals surface area contributed by atoms with Gasteiger partial charge in [0, 0.05) is 4.47 Å². The molecule has 10 nitrogen and oxygen atoms in total. The van der Waals surface area contributed by atoms with E-state index >= 15 is 0 Å². The lowest BCUT2D eigenvalue weighted by Crippen LogP contribution is -2.24. The van der Waals surface area contributed by atoms with E-state index in [2.05, 4.69) is 31.5 Å². The first-order valence-electron chi connectivity index (χ1n) is 9.67. The number of rotatable bonds is 5. The number of nitrogens with zero attached hydrogens (tertiary/aromatic N) is 8. The first-order valence-corrected chi connectivity index (χ1v) is 10.5. The van der Waals surface area contributed by atoms with Gasteiger partial charge in [0.15, 0.2) is 5.52 Å². The van der Waals surface area contributed by atoms with E-state index in [4.69, 9.17) is 14.8 Å². The summed E-state index contributed by atoms with van der Waals surface area (Å²) in [6, 6.07) is 14.8. The van der Waals surface area contributed by atoms with Gasteiger partial charge in [-0.25, -0.2) is 14.3 Å². The summed E-state index contributed by atoms with van der Waals surface area (Å²) in [5.41, 5.74) is 2.65. The van der Waals surface area contributed by atoms with Gasteiger partial charge in [0.2, 0.25) is 0 Å². The summed E-state index contributed by atoms with van der Waals surface area (Å²) in [7, 11) is 1.60. The van der Waals surface area contributed by atoms with Gasteiger partial charge in [-0.15, -0.1) is 5.10 Å². The van der Waals surface area contributed by atoms with Gasteiger partial charge in [0.1, 0.15) is 29.1 Å². The smallest absolute Gasteiger partial charge is 0.284 e. The van der Waals surface area contributed by atoms with Crippen LogP contribution in [0.4, 0.5) is 0 Å². The molecule has 2 aromatic carbocycles. The van der Waals surface area contributed by atoms with Gasteiger partial charge >= 0.3 is 0 Å². The average molecular weight is 493 g/mol. The van der Waals surface area contributed by atoms with Crippen molar-refractivity contribution in [2.75, 3.05) is 7.11 Å². The quantitative estimate of drug-likeness (QED) is 0.371. The number of ether oxygens (including phenoxy) is 1. The molecule has 0 aliphatic heterocycles. The second-order valence-corrected chi connectivity index (χ2v) is 7.96. The molecule has 160 valence electrons. The third-order valence-electron chi connectivity index (χ3n) is 5.02. The average Bonchev–Trinajstić information content (AvgIpc) is 3.43. The molecule has 0 spiro atoms. The molecule has 5 rings (SSSR count). The first-order chi connectivity index (χ1) is 15.5. The number of aromatic nitrogens is 8. The number of hydrogen-bond acceptors (Lipinski definition) is 7.